The number of nitrogens with zero attached hydrogens (tertiary/aromatic N) is 2. The summed E-state index contributed by atoms with van der Waals surface area (Å²) >= 11 is 0. The molecule has 0 spiro atoms. The Kier molecular flexibility index (Phi) is 8.49. The molecule has 38 heavy (non-hydrogen) atoms. The molecule has 0 radical (unpaired) electrons. The van der Waals surface area contributed by atoms with Crippen molar-refractivity contribution in [2.24, 2.45) is 29.1 Å². The molecule has 10 nitrogen and oxygen atoms in total. The smallest absolute Gasteiger partial charge is 0.311 e. The molecule has 0 aromatic heterocycles. The molecule has 2 heterocycles. The first-order valence-electron chi connectivity index (χ1n) is 13.3. The standard InChI is InChI=1S/C28H48N2O8/c1-24(2)12-16(13-25(3,4)29(24)9)28(23(37)38,17-14-26(5,6)30(10)27(7,8)15-17)20(22(35)36)18(21(33)34)11-19(31)32/h16-18,20H,11-15H2,1-10H3,(H,31,32)(H,33,34)(H,35,36)(H,37,38). The number of hydrogen-bond donors (Lipinski definition) is 4. The number of likely N-dealkylation sites (tertiary alicyclic amines) is 2. The van der Waals surface area contributed by atoms with Gasteiger partial charge in [0.15, 0.2) is 0 Å². The SMILES string of the molecule is CN1C(C)(C)CC(C(C(=O)O)(C2CC(C)(C)N(C)C(C)(C)C2)C(C(=O)O)C(CC(=O)O)C(=O)O)CC1(C)C. The number of carbonyl (C=O) groups is 4. The van der Waals surface area contributed by atoms with Crippen LogP contribution in [0.25, 0.3) is 0 Å². The molecule has 0 aromatic rings. The van der Waals surface area contributed by atoms with Crippen molar-refractivity contribution in [2.75, 3.05) is 14.1 Å². The molecular weight excluding hydrogens is 492 g/mol. The number of carboxylic acid groups (broad SMARTS) is 4. The quantitative estimate of drug-likeness (QED) is 0.340. The maximum absolute atomic E-state index is 13.8. The van der Waals surface area contributed by atoms with Crippen LogP contribution in [0.2, 0.25) is 0 Å². The van der Waals surface area contributed by atoms with Gasteiger partial charge in [-0.2, -0.15) is 0 Å². The highest BCUT2D eigenvalue weighted by Gasteiger charge is 2.67. The monoisotopic (exact) mass is 540 g/mol. The summed E-state index contributed by atoms with van der Waals surface area (Å²) in [6.45, 7) is 15.9. The van der Waals surface area contributed by atoms with E-state index in [2.05, 4.69) is 9.80 Å². The van der Waals surface area contributed by atoms with E-state index in [1.807, 2.05) is 69.5 Å². The lowest BCUT2D eigenvalue weighted by Crippen LogP contribution is -2.68. The average molecular weight is 541 g/mol. The number of aliphatic carboxylic acids is 4. The van der Waals surface area contributed by atoms with Crippen molar-refractivity contribution in [2.45, 2.75) is 110 Å². The summed E-state index contributed by atoms with van der Waals surface area (Å²) in [6.07, 6.45) is 0.344. The first-order chi connectivity index (χ1) is 16.9. The lowest BCUT2D eigenvalue weighted by molar-refractivity contribution is -0.200. The van der Waals surface area contributed by atoms with Gasteiger partial charge < -0.3 is 20.4 Å². The van der Waals surface area contributed by atoms with Crippen molar-refractivity contribution in [3.05, 3.63) is 0 Å². The van der Waals surface area contributed by atoms with Gasteiger partial charge >= 0.3 is 23.9 Å². The fraction of sp³-hybridized carbons (Fsp3) is 0.857. The van der Waals surface area contributed by atoms with E-state index in [0.717, 1.165) is 0 Å². The van der Waals surface area contributed by atoms with Gasteiger partial charge in [0, 0.05) is 22.2 Å². The van der Waals surface area contributed by atoms with Gasteiger partial charge in [0.05, 0.1) is 23.7 Å². The van der Waals surface area contributed by atoms with Crippen LogP contribution in [0.3, 0.4) is 0 Å². The predicted molar refractivity (Wildman–Crippen MR) is 142 cm³/mol. The molecule has 2 unspecified atom stereocenters. The van der Waals surface area contributed by atoms with Crippen LogP contribution in [0, 0.1) is 29.1 Å². The molecule has 0 aromatic carbocycles. The second-order valence-electron chi connectivity index (χ2n) is 14.2. The summed E-state index contributed by atoms with van der Waals surface area (Å²) in [5.74, 6) is -11.3. The molecule has 0 amide bonds. The maximum Gasteiger partial charge on any atom is 0.311 e. The molecule has 2 rings (SSSR count). The van der Waals surface area contributed by atoms with Crippen LogP contribution in [0.5, 0.6) is 0 Å². The molecule has 2 aliphatic rings. The summed E-state index contributed by atoms with van der Waals surface area (Å²) in [4.78, 5) is 55.4. The normalized spacial score (nSPS) is 25.8. The Bertz CT molecular complexity index is 892. The predicted octanol–water partition coefficient (Wildman–Crippen LogP) is 3.73. The largest absolute Gasteiger partial charge is 0.481 e. The third-order valence-electron chi connectivity index (χ3n) is 10.2. The van der Waals surface area contributed by atoms with Gasteiger partial charge in [0.25, 0.3) is 0 Å². The summed E-state index contributed by atoms with van der Waals surface area (Å²) in [5.41, 5.74) is -4.08. The molecule has 0 saturated carbocycles. The van der Waals surface area contributed by atoms with E-state index in [-0.39, 0.29) is 0 Å². The topological polar surface area (TPSA) is 156 Å². The number of piperidine rings is 2. The zero-order valence-electron chi connectivity index (χ0n) is 24.7. The van der Waals surface area contributed by atoms with Crippen LogP contribution in [0.4, 0.5) is 0 Å². The maximum atomic E-state index is 13.8. The average Bonchev–Trinajstić information content (AvgIpc) is 2.70. The molecule has 218 valence electrons. The van der Waals surface area contributed by atoms with Crippen LogP contribution in [-0.4, -0.2) is 90.4 Å². The highest BCUT2D eigenvalue weighted by atomic mass is 16.4. The Morgan fingerprint density at radius 1 is 0.684 bits per heavy atom. The molecule has 10 heteroatoms. The fourth-order valence-electron chi connectivity index (χ4n) is 7.99. The highest BCUT2D eigenvalue weighted by molar-refractivity contribution is 5.90. The van der Waals surface area contributed by atoms with Crippen LogP contribution in [0.15, 0.2) is 0 Å². The van der Waals surface area contributed by atoms with Crippen molar-refractivity contribution >= 4 is 23.9 Å². The summed E-state index contributed by atoms with van der Waals surface area (Å²) in [7, 11) is 3.92. The fourth-order valence-corrected chi connectivity index (χ4v) is 7.99. The molecule has 4 N–H and O–H groups in total. The van der Waals surface area contributed by atoms with Crippen molar-refractivity contribution in [1.29, 1.82) is 0 Å². The second-order valence-corrected chi connectivity index (χ2v) is 14.2. The molecular formula is C28H48N2O8. The minimum Gasteiger partial charge on any atom is -0.481 e. The van der Waals surface area contributed by atoms with E-state index < -0.39 is 81.5 Å². The van der Waals surface area contributed by atoms with Crippen molar-refractivity contribution in [3.63, 3.8) is 0 Å². The highest BCUT2D eigenvalue weighted by Crippen LogP contribution is 2.60. The molecule has 2 atom stereocenters. The van der Waals surface area contributed by atoms with Crippen LogP contribution >= 0.6 is 0 Å². The number of rotatable bonds is 9. The lowest BCUT2D eigenvalue weighted by atomic mass is 9.47. The lowest BCUT2D eigenvalue weighted by Gasteiger charge is -2.62. The molecule has 2 saturated heterocycles. The Labute approximate surface area is 226 Å². The van der Waals surface area contributed by atoms with Gasteiger partial charge in [-0.05, 0) is 107 Å². The Morgan fingerprint density at radius 3 is 1.21 bits per heavy atom. The van der Waals surface area contributed by atoms with Gasteiger partial charge in [0.1, 0.15) is 0 Å². The molecule has 0 bridgehead atoms. The third kappa shape index (κ3) is 5.43. The van der Waals surface area contributed by atoms with E-state index in [0.29, 0.717) is 25.7 Å². The van der Waals surface area contributed by atoms with E-state index >= 15 is 0 Å². The van der Waals surface area contributed by atoms with E-state index in [9.17, 15) is 39.6 Å². The van der Waals surface area contributed by atoms with Crippen molar-refractivity contribution in [1.82, 2.24) is 9.80 Å². The van der Waals surface area contributed by atoms with Crippen LogP contribution in [0.1, 0.15) is 87.5 Å². The molecule has 2 fully saturated rings. The summed E-state index contributed by atoms with van der Waals surface area (Å²) in [5, 5.41) is 41.5. The molecule has 2 aliphatic heterocycles. The number of hydrogen-bond acceptors (Lipinski definition) is 6. The Morgan fingerprint density at radius 2 is 1.00 bits per heavy atom. The zero-order valence-corrected chi connectivity index (χ0v) is 24.7. The summed E-state index contributed by atoms with van der Waals surface area (Å²) < 4.78 is 0. The second kappa shape index (κ2) is 10.1. The minimum absolute atomic E-state index is 0.329. The van der Waals surface area contributed by atoms with Crippen LogP contribution < -0.4 is 0 Å². The van der Waals surface area contributed by atoms with Crippen LogP contribution in [-0.2, 0) is 19.2 Å². The minimum atomic E-state index is -2.02. The van der Waals surface area contributed by atoms with Crippen molar-refractivity contribution in [3.8, 4) is 0 Å². The number of carboxylic acids is 4. The van der Waals surface area contributed by atoms with Crippen molar-refractivity contribution < 1.29 is 39.6 Å². The van der Waals surface area contributed by atoms with Gasteiger partial charge in [-0.15, -0.1) is 0 Å². The first kappa shape index (κ1) is 32.0. The van der Waals surface area contributed by atoms with Gasteiger partial charge in [-0.3, -0.25) is 29.0 Å². The summed E-state index contributed by atoms with van der Waals surface area (Å²) in [6, 6.07) is 0. The van der Waals surface area contributed by atoms with E-state index in [1.54, 1.807) is 0 Å². The van der Waals surface area contributed by atoms with Gasteiger partial charge in [0.2, 0.25) is 0 Å². The Hall–Kier alpha value is -2.20. The third-order valence-corrected chi connectivity index (χ3v) is 10.2. The van der Waals surface area contributed by atoms with E-state index in [4.69, 9.17) is 0 Å². The molecule has 0 aliphatic carbocycles. The first-order valence-corrected chi connectivity index (χ1v) is 13.3. The zero-order chi connectivity index (χ0) is 29.8. The van der Waals surface area contributed by atoms with Gasteiger partial charge in [-0.25, -0.2) is 0 Å². The van der Waals surface area contributed by atoms with Gasteiger partial charge in [-0.1, -0.05) is 0 Å². The van der Waals surface area contributed by atoms with E-state index in [1.165, 1.54) is 0 Å². The Balaban J connectivity index is 2.99.